The van der Waals surface area contributed by atoms with Crippen LogP contribution in [0.3, 0.4) is 0 Å². The molecule has 0 fully saturated rings. The maximum Gasteiger partial charge on any atom is 0.269 e. The van der Waals surface area contributed by atoms with E-state index in [2.05, 4.69) is 10.9 Å². The molecule has 2 amide bonds. The van der Waals surface area contributed by atoms with Crippen molar-refractivity contribution in [3.63, 3.8) is 0 Å². The minimum absolute atomic E-state index is 0.138. The van der Waals surface area contributed by atoms with Gasteiger partial charge < -0.3 is 14.2 Å². The van der Waals surface area contributed by atoms with Crippen molar-refractivity contribution in [2.75, 3.05) is 6.79 Å². The monoisotopic (exact) mass is 326 g/mol. The number of ether oxygens (including phenoxy) is 3. The Bertz CT molecular complexity index is 764. The summed E-state index contributed by atoms with van der Waals surface area (Å²) in [6, 6.07) is 10.1. The smallest absolute Gasteiger partial charge is 0.269 e. The van der Waals surface area contributed by atoms with Gasteiger partial charge in [-0.1, -0.05) is 6.07 Å². The Kier molecular flexibility index (Phi) is 3.55. The molecular formula is C17H14N2O5. The minimum Gasteiger partial charge on any atom is -0.454 e. The average molecular weight is 326 g/mol. The van der Waals surface area contributed by atoms with Crippen molar-refractivity contribution < 1.29 is 23.8 Å². The summed E-state index contributed by atoms with van der Waals surface area (Å²) < 4.78 is 15.7. The number of hydrogen-bond acceptors (Lipinski definition) is 5. The summed E-state index contributed by atoms with van der Waals surface area (Å²) in [6.45, 7) is 1.21. The lowest BCUT2D eigenvalue weighted by Gasteiger charge is -2.08. The number of benzene rings is 2. The number of rotatable bonds is 2. The van der Waals surface area contributed by atoms with Crippen molar-refractivity contribution in [3.8, 4) is 11.5 Å². The summed E-state index contributed by atoms with van der Waals surface area (Å²) in [6.07, 6.45) is 0. The minimum atomic E-state index is -0.439. The van der Waals surface area contributed by atoms with Crippen LogP contribution in [0.1, 0.15) is 31.8 Å². The van der Waals surface area contributed by atoms with Crippen molar-refractivity contribution in [2.24, 2.45) is 0 Å². The van der Waals surface area contributed by atoms with Crippen LogP contribution in [0.4, 0.5) is 0 Å². The molecule has 7 nitrogen and oxygen atoms in total. The molecule has 0 spiro atoms. The number of hydrazine groups is 1. The highest BCUT2D eigenvalue weighted by molar-refractivity contribution is 5.99. The zero-order valence-electron chi connectivity index (χ0n) is 12.6. The Labute approximate surface area is 137 Å². The Hall–Kier alpha value is -3.06. The zero-order chi connectivity index (χ0) is 16.5. The van der Waals surface area contributed by atoms with E-state index in [1.807, 2.05) is 6.07 Å². The van der Waals surface area contributed by atoms with Crippen LogP contribution in [0, 0.1) is 0 Å². The van der Waals surface area contributed by atoms with Gasteiger partial charge in [0.15, 0.2) is 11.5 Å². The Balaban J connectivity index is 1.41. The van der Waals surface area contributed by atoms with Gasteiger partial charge in [0.2, 0.25) is 6.79 Å². The largest absolute Gasteiger partial charge is 0.454 e. The first-order valence-electron chi connectivity index (χ1n) is 7.40. The molecule has 24 heavy (non-hydrogen) atoms. The average Bonchev–Trinajstić information content (AvgIpc) is 3.26. The molecule has 4 rings (SSSR count). The second kappa shape index (κ2) is 5.86. The Morgan fingerprint density at radius 3 is 2.29 bits per heavy atom. The number of carbonyl (C=O) groups is 2. The maximum absolute atomic E-state index is 12.2. The van der Waals surface area contributed by atoms with E-state index in [9.17, 15) is 9.59 Å². The first kappa shape index (κ1) is 14.5. The molecule has 0 saturated heterocycles. The predicted octanol–water partition coefficient (Wildman–Crippen LogP) is 1.52. The number of hydrogen-bond donors (Lipinski definition) is 2. The van der Waals surface area contributed by atoms with Gasteiger partial charge in [-0.25, -0.2) is 0 Å². The molecule has 122 valence electrons. The fourth-order valence-electron chi connectivity index (χ4n) is 2.61. The van der Waals surface area contributed by atoms with E-state index in [4.69, 9.17) is 14.2 Å². The van der Waals surface area contributed by atoms with Crippen LogP contribution in [-0.4, -0.2) is 18.6 Å². The number of amides is 2. The number of fused-ring (bicyclic) bond motifs is 2. The Morgan fingerprint density at radius 2 is 1.46 bits per heavy atom. The van der Waals surface area contributed by atoms with Crippen molar-refractivity contribution in [2.45, 2.75) is 13.2 Å². The van der Waals surface area contributed by atoms with Gasteiger partial charge in [-0.05, 0) is 41.5 Å². The molecule has 2 aromatic rings. The lowest BCUT2D eigenvalue weighted by Crippen LogP contribution is -2.41. The van der Waals surface area contributed by atoms with Gasteiger partial charge in [-0.15, -0.1) is 0 Å². The fraction of sp³-hybridized carbons (Fsp3) is 0.176. The van der Waals surface area contributed by atoms with Crippen LogP contribution in [0.2, 0.25) is 0 Å². The van der Waals surface area contributed by atoms with Crippen LogP contribution in [0.15, 0.2) is 36.4 Å². The molecule has 2 aliphatic heterocycles. The van der Waals surface area contributed by atoms with E-state index in [1.165, 1.54) is 0 Å². The third-order valence-electron chi connectivity index (χ3n) is 3.91. The second-order valence-corrected chi connectivity index (χ2v) is 5.45. The SMILES string of the molecule is O=C(NNC(=O)c1ccc2c(c1)OCO2)c1ccc2c(c1)COC2. The number of nitrogens with one attached hydrogen (secondary N) is 2. The zero-order valence-corrected chi connectivity index (χ0v) is 12.6. The second-order valence-electron chi connectivity index (χ2n) is 5.45. The van der Waals surface area contributed by atoms with Crippen LogP contribution in [0.25, 0.3) is 0 Å². The molecule has 0 atom stereocenters. The van der Waals surface area contributed by atoms with Gasteiger partial charge in [0.05, 0.1) is 13.2 Å². The van der Waals surface area contributed by atoms with E-state index in [1.54, 1.807) is 30.3 Å². The highest BCUT2D eigenvalue weighted by Gasteiger charge is 2.17. The maximum atomic E-state index is 12.2. The molecular weight excluding hydrogens is 312 g/mol. The van der Waals surface area contributed by atoms with Gasteiger partial charge in [0, 0.05) is 11.1 Å². The van der Waals surface area contributed by atoms with Gasteiger partial charge in [0.25, 0.3) is 11.8 Å². The molecule has 0 unspecified atom stereocenters. The summed E-state index contributed by atoms with van der Waals surface area (Å²) in [7, 11) is 0. The highest BCUT2D eigenvalue weighted by Crippen LogP contribution is 2.32. The summed E-state index contributed by atoms with van der Waals surface area (Å²) >= 11 is 0. The van der Waals surface area contributed by atoms with Crippen molar-refractivity contribution in [1.29, 1.82) is 0 Å². The lowest BCUT2D eigenvalue weighted by molar-refractivity contribution is 0.0846. The molecule has 0 aliphatic carbocycles. The predicted molar refractivity (Wildman–Crippen MR) is 82.4 cm³/mol. The standard InChI is InChI=1S/C17H14N2O5/c20-16(10-1-2-12-7-22-8-13(12)5-10)18-19-17(21)11-3-4-14-15(6-11)24-9-23-14/h1-6H,7-9H2,(H,18,20)(H,19,21). The third kappa shape index (κ3) is 2.65. The van der Waals surface area contributed by atoms with Crippen molar-refractivity contribution in [3.05, 3.63) is 58.7 Å². The first-order chi connectivity index (χ1) is 11.7. The molecule has 2 heterocycles. The molecule has 0 saturated carbocycles. The fourth-order valence-corrected chi connectivity index (χ4v) is 2.61. The van der Waals surface area contributed by atoms with Crippen LogP contribution < -0.4 is 20.3 Å². The molecule has 2 aliphatic rings. The molecule has 2 N–H and O–H groups in total. The summed E-state index contributed by atoms with van der Waals surface area (Å²) in [5.41, 5.74) is 7.69. The summed E-state index contributed by atoms with van der Waals surface area (Å²) in [5, 5.41) is 0. The highest BCUT2D eigenvalue weighted by atomic mass is 16.7. The Morgan fingerprint density at radius 1 is 0.792 bits per heavy atom. The topological polar surface area (TPSA) is 85.9 Å². The molecule has 0 bridgehead atoms. The molecule has 0 radical (unpaired) electrons. The van der Waals surface area contributed by atoms with Crippen molar-refractivity contribution in [1.82, 2.24) is 10.9 Å². The molecule has 7 heteroatoms. The van der Waals surface area contributed by atoms with Crippen LogP contribution in [0.5, 0.6) is 11.5 Å². The summed E-state index contributed by atoms with van der Waals surface area (Å²) in [5.74, 6) is 0.272. The summed E-state index contributed by atoms with van der Waals surface area (Å²) in [4.78, 5) is 24.3. The van der Waals surface area contributed by atoms with Gasteiger partial charge in [-0.2, -0.15) is 0 Å². The van der Waals surface area contributed by atoms with Crippen LogP contribution >= 0.6 is 0 Å². The quantitative estimate of drug-likeness (QED) is 0.817. The number of carbonyl (C=O) groups excluding carboxylic acids is 2. The van der Waals surface area contributed by atoms with E-state index >= 15 is 0 Å². The van der Waals surface area contributed by atoms with E-state index in [0.717, 1.165) is 11.1 Å². The lowest BCUT2D eigenvalue weighted by atomic mass is 10.1. The van der Waals surface area contributed by atoms with E-state index < -0.39 is 11.8 Å². The normalized spacial score (nSPS) is 14.2. The van der Waals surface area contributed by atoms with Gasteiger partial charge in [0.1, 0.15) is 0 Å². The van der Waals surface area contributed by atoms with Gasteiger partial charge in [-0.3, -0.25) is 20.4 Å². The van der Waals surface area contributed by atoms with E-state index in [-0.39, 0.29) is 6.79 Å². The van der Waals surface area contributed by atoms with Gasteiger partial charge >= 0.3 is 0 Å². The van der Waals surface area contributed by atoms with Crippen LogP contribution in [-0.2, 0) is 18.0 Å². The molecule has 0 aromatic heterocycles. The van der Waals surface area contributed by atoms with E-state index in [0.29, 0.717) is 35.8 Å². The first-order valence-corrected chi connectivity index (χ1v) is 7.40. The molecule has 2 aromatic carbocycles. The third-order valence-corrected chi connectivity index (χ3v) is 3.91. The van der Waals surface area contributed by atoms with Crippen molar-refractivity contribution >= 4 is 11.8 Å².